The van der Waals surface area contributed by atoms with Crippen LogP contribution >= 0.6 is 0 Å². The van der Waals surface area contributed by atoms with Gasteiger partial charge in [-0.3, -0.25) is 4.79 Å². The predicted molar refractivity (Wildman–Crippen MR) is 40.3 cm³/mol. The Bertz CT molecular complexity index is 163. The Kier molecular flexibility index (Phi) is 4.21. The highest BCUT2D eigenvalue weighted by Gasteiger charge is 2.10. The van der Waals surface area contributed by atoms with Gasteiger partial charge in [0.1, 0.15) is 12.6 Å². The molecule has 0 radical (unpaired) electrons. The molecule has 0 aliphatic heterocycles. The zero-order valence-corrected chi connectivity index (χ0v) is 6.57. The molecule has 0 saturated heterocycles. The molecular weight excluding hydrogens is 148 g/mol. The third-order valence-electron chi connectivity index (χ3n) is 0.818. The van der Waals surface area contributed by atoms with Crippen molar-refractivity contribution < 1.29 is 14.7 Å². The quantitative estimate of drug-likeness (QED) is 0.441. The molecule has 0 aliphatic carbocycles. The van der Waals surface area contributed by atoms with Crippen molar-refractivity contribution in [2.75, 3.05) is 6.61 Å². The molecule has 0 aliphatic rings. The van der Waals surface area contributed by atoms with Gasteiger partial charge in [-0.05, 0) is 13.8 Å². The Labute approximate surface area is 64.8 Å². The number of nitrogens with two attached hydrogens (primary N) is 1. The lowest BCUT2D eigenvalue weighted by atomic mass is 10.3. The van der Waals surface area contributed by atoms with E-state index in [0.717, 1.165) is 5.71 Å². The van der Waals surface area contributed by atoms with E-state index < -0.39 is 12.0 Å². The van der Waals surface area contributed by atoms with E-state index in [1.54, 1.807) is 13.8 Å². The summed E-state index contributed by atoms with van der Waals surface area (Å²) in [6.07, 6.45) is 0. The second-order valence-electron chi connectivity index (χ2n) is 2.28. The fourth-order valence-corrected chi connectivity index (χ4v) is 0.318. The third kappa shape index (κ3) is 5.35. The van der Waals surface area contributed by atoms with Gasteiger partial charge < -0.3 is 15.7 Å². The molecule has 0 heterocycles. The van der Waals surface area contributed by atoms with Gasteiger partial charge in [-0.15, -0.1) is 0 Å². The maximum atomic E-state index is 10.1. The molecule has 0 fully saturated rings. The van der Waals surface area contributed by atoms with Crippen molar-refractivity contribution in [3.8, 4) is 0 Å². The Morgan fingerprint density at radius 3 is 2.64 bits per heavy atom. The number of carbonyl (C=O) groups is 1. The number of oxime groups is 1. The summed E-state index contributed by atoms with van der Waals surface area (Å²) >= 11 is 0. The number of hydrogen-bond acceptors (Lipinski definition) is 4. The third-order valence-corrected chi connectivity index (χ3v) is 0.818. The molecule has 5 heteroatoms. The number of rotatable bonds is 4. The Hall–Kier alpha value is -1.10. The summed E-state index contributed by atoms with van der Waals surface area (Å²) in [5.41, 5.74) is 5.83. The molecule has 0 rings (SSSR count). The Balaban J connectivity index is 3.55. The number of hydrogen-bond donors (Lipinski definition) is 2. The molecule has 0 aromatic heterocycles. The van der Waals surface area contributed by atoms with Crippen LogP contribution in [0.3, 0.4) is 0 Å². The SMILES string of the molecule is CC(C)=NOC[C@H](N)C(=O)O. The number of carboxylic acids is 1. The van der Waals surface area contributed by atoms with Gasteiger partial charge in [0.05, 0.1) is 5.71 Å². The molecule has 0 spiro atoms. The fourth-order valence-electron chi connectivity index (χ4n) is 0.318. The number of carboxylic acid groups (broad SMARTS) is 1. The monoisotopic (exact) mass is 160 g/mol. The molecule has 1 atom stereocenters. The zero-order valence-electron chi connectivity index (χ0n) is 6.57. The number of aliphatic carboxylic acids is 1. The van der Waals surface area contributed by atoms with Gasteiger partial charge in [-0.25, -0.2) is 0 Å². The predicted octanol–water partition coefficient (Wildman–Crippen LogP) is -0.189. The normalized spacial score (nSPS) is 11.9. The molecule has 0 amide bonds. The van der Waals surface area contributed by atoms with Crippen molar-refractivity contribution in [1.29, 1.82) is 0 Å². The summed E-state index contributed by atoms with van der Waals surface area (Å²) in [6, 6.07) is -1.00. The average Bonchev–Trinajstić information content (AvgIpc) is 1.86. The van der Waals surface area contributed by atoms with E-state index in [2.05, 4.69) is 9.99 Å². The topological polar surface area (TPSA) is 84.9 Å². The van der Waals surface area contributed by atoms with Crippen molar-refractivity contribution in [2.24, 2.45) is 10.9 Å². The van der Waals surface area contributed by atoms with Gasteiger partial charge in [0.2, 0.25) is 0 Å². The first-order chi connectivity index (χ1) is 5.04. The number of nitrogens with zero attached hydrogens (tertiary/aromatic N) is 1. The molecule has 64 valence electrons. The van der Waals surface area contributed by atoms with E-state index in [9.17, 15) is 4.79 Å². The second kappa shape index (κ2) is 4.68. The molecule has 0 saturated carbocycles. The summed E-state index contributed by atoms with van der Waals surface area (Å²) in [4.78, 5) is 14.7. The highest BCUT2D eigenvalue weighted by molar-refractivity contribution is 5.78. The highest BCUT2D eigenvalue weighted by atomic mass is 16.6. The molecule has 3 N–H and O–H groups in total. The largest absolute Gasteiger partial charge is 0.480 e. The lowest BCUT2D eigenvalue weighted by molar-refractivity contribution is -0.140. The lowest BCUT2D eigenvalue weighted by Gasteiger charge is -2.03. The minimum atomic E-state index is -1.09. The first-order valence-corrected chi connectivity index (χ1v) is 3.15. The van der Waals surface area contributed by atoms with Crippen LogP contribution in [0.5, 0.6) is 0 Å². The zero-order chi connectivity index (χ0) is 8.85. The van der Waals surface area contributed by atoms with Gasteiger partial charge in [-0.2, -0.15) is 0 Å². The van der Waals surface area contributed by atoms with Crippen molar-refractivity contribution >= 4 is 11.7 Å². The van der Waals surface area contributed by atoms with Gasteiger partial charge in [0.25, 0.3) is 0 Å². The summed E-state index contributed by atoms with van der Waals surface area (Å²) in [6.45, 7) is 3.39. The highest BCUT2D eigenvalue weighted by Crippen LogP contribution is 1.84. The van der Waals surface area contributed by atoms with Gasteiger partial charge in [-0.1, -0.05) is 5.16 Å². The van der Waals surface area contributed by atoms with Crippen LogP contribution < -0.4 is 5.73 Å². The van der Waals surface area contributed by atoms with E-state index in [0.29, 0.717) is 0 Å². The Morgan fingerprint density at radius 1 is 1.73 bits per heavy atom. The van der Waals surface area contributed by atoms with Gasteiger partial charge >= 0.3 is 5.97 Å². The summed E-state index contributed by atoms with van der Waals surface area (Å²) in [7, 11) is 0. The van der Waals surface area contributed by atoms with Crippen LogP contribution in [0.1, 0.15) is 13.8 Å². The molecule has 5 nitrogen and oxygen atoms in total. The van der Waals surface area contributed by atoms with Crippen LogP contribution in [-0.4, -0.2) is 29.4 Å². The molecule has 11 heavy (non-hydrogen) atoms. The Morgan fingerprint density at radius 2 is 2.27 bits per heavy atom. The van der Waals surface area contributed by atoms with Gasteiger partial charge in [0, 0.05) is 0 Å². The van der Waals surface area contributed by atoms with E-state index in [-0.39, 0.29) is 6.61 Å². The minimum absolute atomic E-state index is 0.0967. The van der Waals surface area contributed by atoms with Crippen LogP contribution in [0.2, 0.25) is 0 Å². The summed E-state index contributed by atoms with van der Waals surface area (Å²) in [5.74, 6) is -1.09. The molecular formula is C6H12N2O3. The van der Waals surface area contributed by atoms with Crippen LogP contribution in [-0.2, 0) is 9.63 Å². The average molecular weight is 160 g/mol. The second-order valence-corrected chi connectivity index (χ2v) is 2.28. The first-order valence-electron chi connectivity index (χ1n) is 3.15. The van der Waals surface area contributed by atoms with Crippen molar-refractivity contribution in [3.05, 3.63) is 0 Å². The van der Waals surface area contributed by atoms with E-state index in [4.69, 9.17) is 10.8 Å². The van der Waals surface area contributed by atoms with Crippen LogP contribution in [0, 0.1) is 0 Å². The van der Waals surface area contributed by atoms with Gasteiger partial charge in [0.15, 0.2) is 0 Å². The lowest BCUT2D eigenvalue weighted by Crippen LogP contribution is -2.34. The van der Waals surface area contributed by atoms with Crippen molar-refractivity contribution in [2.45, 2.75) is 19.9 Å². The van der Waals surface area contributed by atoms with Crippen molar-refractivity contribution in [3.63, 3.8) is 0 Å². The molecule has 0 bridgehead atoms. The van der Waals surface area contributed by atoms with Crippen LogP contribution in [0.15, 0.2) is 5.16 Å². The van der Waals surface area contributed by atoms with Crippen molar-refractivity contribution in [1.82, 2.24) is 0 Å². The summed E-state index contributed by atoms with van der Waals surface area (Å²) in [5, 5.41) is 11.8. The van der Waals surface area contributed by atoms with Crippen LogP contribution in [0.4, 0.5) is 0 Å². The fraction of sp³-hybridized carbons (Fsp3) is 0.667. The van der Waals surface area contributed by atoms with Crippen LogP contribution in [0.25, 0.3) is 0 Å². The maximum absolute atomic E-state index is 10.1. The first kappa shape index (κ1) is 9.90. The van der Waals surface area contributed by atoms with E-state index in [1.165, 1.54) is 0 Å². The summed E-state index contributed by atoms with van der Waals surface area (Å²) < 4.78 is 0. The molecule has 0 aromatic carbocycles. The molecule has 0 aromatic rings. The standard InChI is InChI=1S/C6H12N2O3/c1-4(2)8-11-3-5(7)6(9)10/h5H,3,7H2,1-2H3,(H,9,10)/t5-/m0/s1. The van der Waals surface area contributed by atoms with E-state index in [1.807, 2.05) is 0 Å². The molecule has 0 unspecified atom stereocenters. The smallest absolute Gasteiger partial charge is 0.324 e. The minimum Gasteiger partial charge on any atom is -0.480 e. The maximum Gasteiger partial charge on any atom is 0.324 e. The van der Waals surface area contributed by atoms with E-state index >= 15 is 0 Å².